The Labute approximate surface area is 393 Å². The van der Waals surface area contributed by atoms with Gasteiger partial charge in [-0.05, 0) is 138 Å². The third kappa shape index (κ3) is 13.1. The lowest BCUT2D eigenvalue weighted by atomic mass is 10.0. The monoisotopic (exact) mass is 904 g/mol. The van der Waals surface area contributed by atoms with Crippen molar-refractivity contribution in [2.24, 2.45) is 11.8 Å². The van der Waals surface area contributed by atoms with Gasteiger partial charge in [0, 0.05) is 11.8 Å². The Bertz CT molecular complexity index is 2740. The fraction of sp³-hybridized carbons (Fsp3) is 0.143. The van der Waals surface area contributed by atoms with Gasteiger partial charge in [-0.15, -0.1) is 0 Å². The van der Waals surface area contributed by atoms with Crippen molar-refractivity contribution >= 4 is 23.9 Å². The van der Waals surface area contributed by atoms with E-state index in [0.717, 1.165) is 22.3 Å². The van der Waals surface area contributed by atoms with E-state index in [2.05, 4.69) is 12.1 Å². The SMILES string of the molecule is CC(COC(=O)c1cccc(C(=O)OCC(C)COc2ccc(C(=O)Oc3ccc(-c4ccc(C#N)cc4)cc3)cc2)c1)COc1ccc(C(=O)Oc2ccc(-c3ccc(C#N)cc3)cc2)cc1. The Hall–Kier alpha value is -9.00. The molecule has 0 saturated heterocycles. The molecule has 68 heavy (non-hydrogen) atoms. The molecule has 12 heteroatoms. The van der Waals surface area contributed by atoms with Gasteiger partial charge in [0.1, 0.15) is 23.0 Å². The molecule has 0 N–H and O–H groups in total. The minimum Gasteiger partial charge on any atom is -0.493 e. The number of nitrogens with zero attached hydrogens (tertiary/aromatic N) is 2. The number of hydrogen-bond acceptors (Lipinski definition) is 12. The van der Waals surface area contributed by atoms with Crippen molar-refractivity contribution in [1.82, 2.24) is 0 Å². The van der Waals surface area contributed by atoms with E-state index in [9.17, 15) is 19.2 Å². The molecule has 0 fully saturated rings. The normalized spacial score (nSPS) is 11.4. The summed E-state index contributed by atoms with van der Waals surface area (Å²) in [6, 6.07) is 52.0. The molecule has 7 aromatic rings. The molecule has 0 radical (unpaired) electrons. The highest BCUT2D eigenvalue weighted by Crippen LogP contribution is 2.26. The molecule has 0 aliphatic carbocycles. The molecule has 0 amide bonds. The first-order chi connectivity index (χ1) is 33.0. The van der Waals surface area contributed by atoms with Crippen LogP contribution in [-0.4, -0.2) is 50.3 Å². The number of esters is 4. The zero-order chi connectivity index (χ0) is 47.8. The smallest absolute Gasteiger partial charge is 0.343 e. The molecule has 0 aliphatic heterocycles. The summed E-state index contributed by atoms with van der Waals surface area (Å²) < 4.78 is 33.8. The zero-order valence-corrected chi connectivity index (χ0v) is 37.1. The van der Waals surface area contributed by atoms with Crippen LogP contribution in [0.2, 0.25) is 0 Å². The molecule has 7 rings (SSSR count). The van der Waals surface area contributed by atoms with Gasteiger partial charge in [0.05, 0.1) is 71.9 Å². The molecule has 2 unspecified atom stereocenters. The minimum absolute atomic E-state index is 0.0590. The van der Waals surface area contributed by atoms with Crippen molar-refractivity contribution in [2.45, 2.75) is 13.8 Å². The predicted molar refractivity (Wildman–Crippen MR) is 252 cm³/mol. The van der Waals surface area contributed by atoms with Crippen molar-refractivity contribution in [3.05, 3.63) is 203 Å². The van der Waals surface area contributed by atoms with Gasteiger partial charge in [0.15, 0.2) is 0 Å². The summed E-state index contributed by atoms with van der Waals surface area (Å²) in [7, 11) is 0. The molecular formula is C56H44N2O10. The molecule has 2 atom stereocenters. The summed E-state index contributed by atoms with van der Waals surface area (Å²) in [4.78, 5) is 51.4. The zero-order valence-electron chi connectivity index (χ0n) is 37.1. The van der Waals surface area contributed by atoms with Crippen LogP contribution in [0.3, 0.4) is 0 Å². The molecule has 12 nitrogen and oxygen atoms in total. The number of nitriles is 2. The Morgan fingerprint density at radius 2 is 0.721 bits per heavy atom. The van der Waals surface area contributed by atoms with Crippen molar-refractivity contribution in [2.75, 3.05) is 26.4 Å². The van der Waals surface area contributed by atoms with Crippen LogP contribution in [0.15, 0.2) is 170 Å². The second kappa shape index (κ2) is 22.8. The lowest BCUT2D eigenvalue weighted by molar-refractivity contribution is 0.0412. The van der Waals surface area contributed by atoms with E-state index < -0.39 is 23.9 Å². The molecule has 0 bridgehead atoms. The highest BCUT2D eigenvalue weighted by atomic mass is 16.5. The van der Waals surface area contributed by atoms with Crippen LogP contribution in [-0.2, 0) is 9.47 Å². The first kappa shape index (κ1) is 47.0. The minimum atomic E-state index is -0.603. The van der Waals surface area contributed by atoms with Crippen LogP contribution in [0.25, 0.3) is 22.3 Å². The first-order valence-corrected chi connectivity index (χ1v) is 21.6. The van der Waals surface area contributed by atoms with Crippen LogP contribution in [0, 0.1) is 34.5 Å². The highest BCUT2D eigenvalue weighted by molar-refractivity contribution is 5.95. The Morgan fingerprint density at radius 1 is 0.397 bits per heavy atom. The van der Waals surface area contributed by atoms with Crippen molar-refractivity contribution in [3.8, 4) is 57.4 Å². The van der Waals surface area contributed by atoms with Gasteiger partial charge in [0.2, 0.25) is 0 Å². The van der Waals surface area contributed by atoms with Crippen molar-refractivity contribution in [3.63, 3.8) is 0 Å². The molecule has 338 valence electrons. The van der Waals surface area contributed by atoms with Crippen LogP contribution >= 0.6 is 0 Å². The van der Waals surface area contributed by atoms with Gasteiger partial charge in [-0.25, -0.2) is 19.2 Å². The number of ether oxygens (including phenoxy) is 6. The Morgan fingerprint density at radius 3 is 1.06 bits per heavy atom. The van der Waals surface area contributed by atoms with Gasteiger partial charge in [-0.1, -0.05) is 68.4 Å². The lowest BCUT2D eigenvalue weighted by Gasteiger charge is -2.15. The maximum Gasteiger partial charge on any atom is 0.343 e. The van der Waals surface area contributed by atoms with E-state index in [0.29, 0.717) is 45.3 Å². The maximum atomic E-state index is 12.9. The summed E-state index contributed by atoms with van der Waals surface area (Å²) in [6.45, 7) is 4.30. The van der Waals surface area contributed by atoms with E-state index in [1.807, 2.05) is 62.4 Å². The molecular weight excluding hydrogens is 861 g/mol. The molecule has 0 aromatic heterocycles. The van der Waals surface area contributed by atoms with Gasteiger partial charge >= 0.3 is 23.9 Å². The number of rotatable bonds is 18. The van der Waals surface area contributed by atoms with Crippen molar-refractivity contribution < 1.29 is 47.6 Å². The number of carbonyl (C=O) groups excluding carboxylic acids is 4. The van der Waals surface area contributed by atoms with Gasteiger partial charge in [-0.3, -0.25) is 0 Å². The molecule has 0 aliphatic rings. The second-order valence-corrected chi connectivity index (χ2v) is 15.9. The lowest BCUT2D eigenvalue weighted by Crippen LogP contribution is -2.19. The topological polar surface area (TPSA) is 171 Å². The average Bonchev–Trinajstić information content (AvgIpc) is 3.39. The van der Waals surface area contributed by atoms with Gasteiger partial charge < -0.3 is 28.4 Å². The van der Waals surface area contributed by atoms with E-state index in [1.54, 1.807) is 115 Å². The third-order valence-corrected chi connectivity index (χ3v) is 10.4. The van der Waals surface area contributed by atoms with Crippen LogP contribution < -0.4 is 18.9 Å². The summed E-state index contributed by atoms with van der Waals surface area (Å²) in [5.41, 5.74) is 5.94. The fourth-order valence-corrected chi connectivity index (χ4v) is 6.56. The van der Waals surface area contributed by atoms with E-state index in [-0.39, 0.29) is 49.4 Å². The largest absolute Gasteiger partial charge is 0.493 e. The first-order valence-electron chi connectivity index (χ1n) is 21.6. The highest BCUT2D eigenvalue weighted by Gasteiger charge is 2.17. The van der Waals surface area contributed by atoms with E-state index >= 15 is 0 Å². The summed E-state index contributed by atoms with van der Waals surface area (Å²) in [5, 5.41) is 18.0. The molecule has 7 aromatic carbocycles. The molecule has 0 saturated carbocycles. The van der Waals surface area contributed by atoms with Gasteiger partial charge in [-0.2, -0.15) is 10.5 Å². The number of hydrogen-bond donors (Lipinski definition) is 0. The molecule has 0 spiro atoms. The Kier molecular flexibility index (Phi) is 15.7. The average molecular weight is 905 g/mol. The molecule has 0 heterocycles. The summed E-state index contributed by atoms with van der Waals surface area (Å²) in [6.07, 6.45) is 0. The summed E-state index contributed by atoms with van der Waals surface area (Å²) in [5.74, 6) is -0.788. The predicted octanol–water partition coefficient (Wildman–Crippen LogP) is 10.9. The standard InChI is InChI=1S/C56H44N2O10/c1-37(33-63-49-22-18-45(19-23-49)55(61)67-51-26-14-43(15-27-51)41-10-6-39(31-57)7-11-41)35-65-53(59)47-4-3-5-48(30-47)54(60)66-36-38(2)34-64-50-24-20-46(21-25-50)56(62)68-52-28-16-44(17-29-52)42-12-8-40(32-58)9-13-42/h3-30,37-38H,33-36H2,1-2H3. The second-order valence-electron chi connectivity index (χ2n) is 15.9. The number of carbonyl (C=O) groups is 4. The maximum absolute atomic E-state index is 12.9. The fourth-order valence-electron chi connectivity index (χ4n) is 6.56. The van der Waals surface area contributed by atoms with Crippen LogP contribution in [0.4, 0.5) is 0 Å². The van der Waals surface area contributed by atoms with Gasteiger partial charge in [0.25, 0.3) is 0 Å². The summed E-state index contributed by atoms with van der Waals surface area (Å²) >= 11 is 0. The van der Waals surface area contributed by atoms with Crippen LogP contribution in [0.5, 0.6) is 23.0 Å². The Balaban J connectivity index is 0.783. The number of benzene rings is 7. The van der Waals surface area contributed by atoms with E-state index in [4.69, 9.17) is 38.9 Å². The third-order valence-electron chi connectivity index (χ3n) is 10.4. The van der Waals surface area contributed by atoms with Crippen molar-refractivity contribution in [1.29, 1.82) is 10.5 Å². The van der Waals surface area contributed by atoms with E-state index in [1.165, 1.54) is 6.07 Å². The van der Waals surface area contributed by atoms with Crippen LogP contribution in [0.1, 0.15) is 66.4 Å². The quantitative estimate of drug-likeness (QED) is 0.0590.